The Labute approximate surface area is 177 Å². The zero-order valence-electron chi connectivity index (χ0n) is 16.0. The molecule has 0 unspecified atom stereocenters. The molecule has 0 aliphatic carbocycles. The number of primary amides is 1. The van der Waals surface area contributed by atoms with E-state index in [9.17, 15) is 14.9 Å². The summed E-state index contributed by atoms with van der Waals surface area (Å²) in [6.07, 6.45) is 1.33. The fourth-order valence-corrected chi connectivity index (χ4v) is 2.93. The van der Waals surface area contributed by atoms with Crippen molar-refractivity contribution in [2.24, 2.45) is 5.73 Å². The summed E-state index contributed by atoms with van der Waals surface area (Å²) in [6, 6.07) is 12.0. The van der Waals surface area contributed by atoms with Crippen molar-refractivity contribution in [1.29, 1.82) is 5.26 Å². The van der Waals surface area contributed by atoms with E-state index in [-0.39, 0.29) is 5.57 Å². The molecule has 0 saturated heterocycles. The third-order valence-electron chi connectivity index (χ3n) is 3.74. The highest BCUT2D eigenvalue weighted by Gasteiger charge is 2.15. The molecule has 0 bridgehead atoms. The maximum absolute atomic E-state index is 11.9. The van der Waals surface area contributed by atoms with E-state index in [0.717, 1.165) is 11.1 Å². The van der Waals surface area contributed by atoms with Gasteiger partial charge < -0.3 is 15.2 Å². The number of carbonyl (C=O) groups is 2. The fourth-order valence-electron chi connectivity index (χ4n) is 2.49. The van der Waals surface area contributed by atoms with Crippen molar-refractivity contribution in [1.82, 2.24) is 5.32 Å². The zero-order chi connectivity index (χ0) is 21.4. The summed E-state index contributed by atoms with van der Waals surface area (Å²) in [5.41, 5.74) is 7.31. The first-order chi connectivity index (χ1) is 13.8. The van der Waals surface area contributed by atoms with Gasteiger partial charge in [0.2, 0.25) is 0 Å². The topological polar surface area (TPSA) is 114 Å². The number of nitriles is 1. The highest BCUT2D eigenvalue weighted by atomic mass is 79.9. The minimum atomic E-state index is -1.04. The molecule has 0 aliphatic rings. The number of halogens is 1. The molecule has 2 aromatic carbocycles. The lowest BCUT2D eigenvalue weighted by atomic mass is 10.1. The predicted octanol–water partition coefficient (Wildman–Crippen LogP) is 3.84. The molecule has 0 saturated carbocycles. The Bertz CT molecular complexity index is 996. The number of rotatable bonds is 7. The number of benzene rings is 2. The second-order valence-corrected chi connectivity index (χ2v) is 6.87. The minimum Gasteiger partial charge on any atom is -0.490 e. The number of nitrogens with zero attached hydrogens (tertiary/aromatic N) is 1. The first-order valence-corrected chi connectivity index (χ1v) is 9.50. The summed E-state index contributed by atoms with van der Waals surface area (Å²) in [6.45, 7) is 4.60. The molecular formula is C21H20BrN3O4. The number of nitrogens with two attached hydrogens (primary N) is 1. The molecule has 0 atom stereocenters. The highest BCUT2D eigenvalue weighted by molar-refractivity contribution is 9.10. The Morgan fingerprint density at radius 3 is 2.59 bits per heavy atom. The van der Waals surface area contributed by atoms with Crippen molar-refractivity contribution in [3.8, 4) is 17.6 Å². The normalized spacial score (nSPS) is 10.8. The number of urea groups is 1. The van der Waals surface area contributed by atoms with E-state index in [4.69, 9.17) is 15.2 Å². The van der Waals surface area contributed by atoms with E-state index in [1.54, 1.807) is 18.2 Å². The molecule has 2 rings (SSSR count). The maximum atomic E-state index is 11.9. The molecular weight excluding hydrogens is 438 g/mol. The molecule has 0 radical (unpaired) electrons. The quantitative estimate of drug-likeness (QED) is 0.484. The maximum Gasteiger partial charge on any atom is 0.319 e. The van der Waals surface area contributed by atoms with Crippen LogP contribution in [-0.2, 0) is 11.4 Å². The molecule has 0 aliphatic heterocycles. The SMILES string of the molecule is CCOc1cc(/C=C(/C#N)C(=O)NC(N)=O)c(Br)cc1OCc1cccc(C)c1. The van der Waals surface area contributed by atoms with Gasteiger partial charge in [-0.2, -0.15) is 5.26 Å². The standard InChI is InChI=1S/C21H20BrN3O4/c1-3-28-18-9-15(8-16(11-23)20(26)25-21(24)27)17(22)10-19(18)29-12-14-6-4-5-13(2)7-14/h4-10H,3,12H2,1-2H3,(H3,24,25,26,27)/b16-8-. The molecule has 2 aromatic rings. The van der Waals surface area contributed by atoms with Crippen LogP contribution in [0.15, 0.2) is 46.4 Å². The molecule has 8 heteroatoms. The Hall–Kier alpha value is -3.31. The van der Waals surface area contributed by atoms with Crippen molar-refractivity contribution in [3.63, 3.8) is 0 Å². The Morgan fingerprint density at radius 2 is 1.97 bits per heavy atom. The smallest absolute Gasteiger partial charge is 0.319 e. The third kappa shape index (κ3) is 6.36. The van der Waals surface area contributed by atoms with Gasteiger partial charge in [-0.05, 0) is 43.2 Å². The van der Waals surface area contributed by atoms with Gasteiger partial charge in [-0.3, -0.25) is 10.1 Å². The lowest BCUT2D eigenvalue weighted by Crippen LogP contribution is -2.35. The van der Waals surface area contributed by atoms with Crippen molar-refractivity contribution >= 4 is 33.9 Å². The summed E-state index contributed by atoms with van der Waals surface area (Å²) in [5.74, 6) is 0.0873. The van der Waals surface area contributed by atoms with Crippen LogP contribution in [0.4, 0.5) is 4.79 Å². The van der Waals surface area contributed by atoms with Gasteiger partial charge in [-0.1, -0.05) is 45.8 Å². The second kappa shape index (κ2) is 10.3. The van der Waals surface area contributed by atoms with Gasteiger partial charge in [0.1, 0.15) is 18.2 Å². The molecule has 29 heavy (non-hydrogen) atoms. The van der Waals surface area contributed by atoms with Gasteiger partial charge in [0.25, 0.3) is 5.91 Å². The van der Waals surface area contributed by atoms with Crippen molar-refractivity contribution in [3.05, 3.63) is 63.1 Å². The van der Waals surface area contributed by atoms with Crippen LogP contribution in [0.5, 0.6) is 11.5 Å². The van der Waals surface area contributed by atoms with Crippen LogP contribution in [-0.4, -0.2) is 18.5 Å². The van der Waals surface area contributed by atoms with Gasteiger partial charge in [-0.15, -0.1) is 0 Å². The summed E-state index contributed by atoms with van der Waals surface area (Å²) in [5, 5.41) is 11.1. The van der Waals surface area contributed by atoms with E-state index < -0.39 is 11.9 Å². The van der Waals surface area contributed by atoms with Gasteiger partial charge in [-0.25, -0.2) is 4.79 Å². The van der Waals surface area contributed by atoms with E-state index in [1.807, 2.05) is 43.4 Å². The number of amides is 3. The van der Waals surface area contributed by atoms with Gasteiger partial charge in [0.05, 0.1) is 6.61 Å². The van der Waals surface area contributed by atoms with Crippen LogP contribution in [0.1, 0.15) is 23.6 Å². The lowest BCUT2D eigenvalue weighted by Gasteiger charge is -2.14. The molecule has 3 amide bonds. The monoisotopic (exact) mass is 457 g/mol. The summed E-state index contributed by atoms with van der Waals surface area (Å²) < 4.78 is 12.2. The largest absolute Gasteiger partial charge is 0.490 e. The Balaban J connectivity index is 2.33. The summed E-state index contributed by atoms with van der Waals surface area (Å²) in [7, 11) is 0. The van der Waals surface area contributed by atoms with Crippen molar-refractivity contribution < 1.29 is 19.1 Å². The van der Waals surface area contributed by atoms with Gasteiger partial charge >= 0.3 is 6.03 Å². The van der Waals surface area contributed by atoms with Crippen LogP contribution in [0.25, 0.3) is 6.08 Å². The number of ether oxygens (including phenoxy) is 2. The Morgan fingerprint density at radius 1 is 1.24 bits per heavy atom. The van der Waals surface area contributed by atoms with Crippen molar-refractivity contribution in [2.75, 3.05) is 6.61 Å². The van der Waals surface area contributed by atoms with Gasteiger partial charge in [0, 0.05) is 4.47 Å². The van der Waals surface area contributed by atoms with E-state index in [1.165, 1.54) is 6.08 Å². The van der Waals surface area contributed by atoms with Gasteiger partial charge in [0.15, 0.2) is 11.5 Å². The first-order valence-electron chi connectivity index (χ1n) is 8.71. The number of imide groups is 1. The predicted molar refractivity (Wildman–Crippen MR) is 112 cm³/mol. The average Bonchev–Trinajstić information content (AvgIpc) is 2.66. The minimum absolute atomic E-state index is 0.277. The van der Waals surface area contributed by atoms with Crippen LogP contribution in [0.2, 0.25) is 0 Å². The van der Waals surface area contributed by atoms with Crippen LogP contribution < -0.4 is 20.5 Å². The van der Waals surface area contributed by atoms with E-state index >= 15 is 0 Å². The second-order valence-electron chi connectivity index (χ2n) is 6.02. The first kappa shape index (κ1) is 22.0. The fraction of sp³-hybridized carbons (Fsp3) is 0.190. The zero-order valence-corrected chi connectivity index (χ0v) is 17.6. The summed E-state index contributed by atoms with van der Waals surface area (Å²) in [4.78, 5) is 22.7. The lowest BCUT2D eigenvalue weighted by molar-refractivity contribution is -0.115. The van der Waals surface area contributed by atoms with E-state index in [2.05, 4.69) is 15.9 Å². The summed E-state index contributed by atoms with van der Waals surface area (Å²) >= 11 is 3.42. The molecule has 150 valence electrons. The molecule has 0 heterocycles. The highest BCUT2D eigenvalue weighted by Crippen LogP contribution is 2.35. The average molecular weight is 458 g/mol. The molecule has 3 N–H and O–H groups in total. The number of hydrogen-bond donors (Lipinski definition) is 2. The van der Waals surface area contributed by atoms with E-state index in [0.29, 0.717) is 34.7 Å². The number of aryl methyl sites for hydroxylation is 1. The molecule has 0 spiro atoms. The molecule has 0 fully saturated rings. The number of hydrogen-bond acceptors (Lipinski definition) is 5. The number of carbonyl (C=O) groups excluding carboxylic acids is 2. The van der Waals surface area contributed by atoms with Crippen LogP contribution in [0, 0.1) is 18.3 Å². The van der Waals surface area contributed by atoms with Crippen molar-refractivity contribution in [2.45, 2.75) is 20.5 Å². The third-order valence-corrected chi connectivity index (χ3v) is 4.43. The number of nitrogens with one attached hydrogen (secondary N) is 1. The van der Waals surface area contributed by atoms with Crippen LogP contribution in [0.3, 0.4) is 0 Å². The van der Waals surface area contributed by atoms with Crippen LogP contribution >= 0.6 is 15.9 Å². The molecule has 0 aromatic heterocycles. The molecule has 7 nitrogen and oxygen atoms in total. The Kier molecular flexibility index (Phi) is 7.80.